The largest absolute Gasteiger partial charge is 0.458 e. The van der Waals surface area contributed by atoms with E-state index in [4.69, 9.17) is 51.1 Å². The first-order valence-corrected chi connectivity index (χ1v) is 14.1. The monoisotopic (exact) mass is 660 g/mol. The van der Waals surface area contributed by atoms with Crippen LogP contribution in [0.3, 0.4) is 0 Å². The molecule has 0 aliphatic carbocycles. The summed E-state index contributed by atoms with van der Waals surface area (Å²) in [6, 6.07) is 6.22. The molecule has 0 saturated heterocycles. The molecule has 2 rings (SSSR count). The number of hydrogen-bond acceptors (Lipinski definition) is 8. The van der Waals surface area contributed by atoms with Gasteiger partial charge in [-0.1, -0.05) is 11.6 Å². The number of amides is 2. The van der Waals surface area contributed by atoms with E-state index >= 15 is 0 Å². The molecule has 0 bridgehead atoms. The minimum absolute atomic E-state index is 0.00323. The first kappa shape index (κ1) is 35.2. The van der Waals surface area contributed by atoms with Crippen molar-refractivity contribution in [3.05, 3.63) is 69.8 Å². The number of esters is 1. The quantitative estimate of drug-likeness (QED) is 0.116. The number of alkyl halides is 1. The van der Waals surface area contributed by atoms with E-state index in [0.717, 1.165) is 0 Å². The Bertz CT molecular complexity index is 1360. The Balaban J connectivity index is 2.10. The average Bonchev–Trinajstić information content (AvgIpc) is 2.90. The fraction of sp³-hybridized carbons (Fsp3) is 0.357. The van der Waals surface area contributed by atoms with Crippen molar-refractivity contribution in [2.45, 2.75) is 57.2 Å². The van der Waals surface area contributed by atoms with E-state index in [2.05, 4.69) is 10.6 Å². The van der Waals surface area contributed by atoms with Gasteiger partial charge in [0.2, 0.25) is 0 Å². The number of ether oxygens (including phenoxy) is 1. The van der Waals surface area contributed by atoms with Crippen molar-refractivity contribution in [1.29, 1.82) is 0 Å². The maximum absolute atomic E-state index is 13.0. The molecule has 0 spiro atoms. The predicted molar refractivity (Wildman–Crippen MR) is 158 cm³/mol. The van der Waals surface area contributed by atoms with Crippen molar-refractivity contribution >= 4 is 79.9 Å². The number of benzene rings is 2. The van der Waals surface area contributed by atoms with Crippen molar-refractivity contribution < 1.29 is 38.6 Å². The van der Waals surface area contributed by atoms with E-state index < -0.39 is 50.7 Å². The molecule has 42 heavy (non-hydrogen) atoms. The first-order valence-electron chi connectivity index (χ1n) is 12.5. The summed E-state index contributed by atoms with van der Waals surface area (Å²) in [6.07, 6.45) is 0.841. The maximum Gasteiger partial charge on any atom is 0.329 e. The highest BCUT2D eigenvalue weighted by atomic mass is 35.5. The van der Waals surface area contributed by atoms with Crippen LogP contribution in [0.15, 0.2) is 36.4 Å². The highest BCUT2D eigenvalue weighted by molar-refractivity contribution is 6.69. The van der Waals surface area contributed by atoms with Crippen LogP contribution in [0.4, 0.5) is 0 Å². The SMILES string of the molecule is CC(C)(C)OC(=O)C(CCCCNC(=O)c1cc(C(=O)Cl)cc(C(=O)Cl)c1)NC(=O)c1cc(C(=O)Cl)cc(C(O)Cl)c1. The molecule has 0 fully saturated rings. The number of nitrogens with one attached hydrogen (secondary N) is 2. The molecule has 2 aromatic rings. The van der Waals surface area contributed by atoms with Gasteiger partial charge in [-0.25, -0.2) is 4.79 Å². The molecular weight excluding hydrogens is 634 g/mol. The molecule has 2 aromatic carbocycles. The zero-order chi connectivity index (χ0) is 31.8. The number of aliphatic hydroxyl groups is 1. The van der Waals surface area contributed by atoms with Crippen molar-refractivity contribution in [3.63, 3.8) is 0 Å². The lowest BCUT2D eigenvalue weighted by Gasteiger charge is -2.25. The molecule has 2 atom stereocenters. The van der Waals surface area contributed by atoms with Gasteiger partial charge in [-0.2, -0.15) is 0 Å². The van der Waals surface area contributed by atoms with Crippen LogP contribution in [-0.4, -0.2) is 56.8 Å². The van der Waals surface area contributed by atoms with Gasteiger partial charge in [0.15, 0.2) is 5.56 Å². The summed E-state index contributed by atoms with van der Waals surface area (Å²) in [6.45, 7) is 5.14. The second kappa shape index (κ2) is 15.5. The summed E-state index contributed by atoms with van der Waals surface area (Å²) < 4.78 is 5.44. The number of rotatable bonds is 13. The molecule has 14 heteroatoms. The third kappa shape index (κ3) is 11.0. The summed E-state index contributed by atoms with van der Waals surface area (Å²) >= 11 is 22.2. The van der Waals surface area contributed by atoms with Crippen LogP contribution in [0, 0.1) is 0 Å². The van der Waals surface area contributed by atoms with Crippen molar-refractivity contribution in [2.75, 3.05) is 6.54 Å². The minimum atomic E-state index is -1.51. The van der Waals surface area contributed by atoms with Crippen LogP contribution in [0.5, 0.6) is 0 Å². The van der Waals surface area contributed by atoms with E-state index in [0.29, 0.717) is 12.8 Å². The standard InChI is InChI=1S/C28H28Cl4N2O8/c1-28(2,3)42-27(41)20(34-26(40)19-12-16(23(31)37)9-17(13-19)24(32)38)6-4-5-7-33-25(39)18-10-14(21(29)35)8-15(11-18)22(30)36/h8-13,20,23,37H,4-7H2,1-3H3,(H,33,39)(H,34,40). The zero-order valence-electron chi connectivity index (χ0n) is 22.8. The van der Waals surface area contributed by atoms with Gasteiger partial charge < -0.3 is 20.5 Å². The van der Waals surface area contributed by atoms with E-state index in [1.54, 1.807) is 20.8 Å². The molecule has 0 saturated carbocycles. The topological polar surface area (TPSA) is 156 Å². The average molecular weight is 662 g/mol. The number of carbonyl (C=O) groups excluding carboxylic acids is 6. The van der Waals surface area contributed by atoms with Gasteiger partial charge in [0.25, 0.3) is 27.5 Å². The number of hydrogen-bond donors (Lipinski definition) is 3. The van der Waals surface area contributed by atoms with Crippen LogP contribution in [0.25, 0.3) is 0 Å². The van der Waals surface area contributed by atoms with Gasteiger partial charge in [-0.3, -0.25) is 24.0 Å². The number of unbranched alkanes of at least 4 members (excludes halogenated alkanes) is 1. The number of aliphatic hydroxyl groups excluding tert-OH is 1. The molecule has 0 aromatic heterocycles. The highest BCUT2D eigenvalue weighted by Crippen LogP contribution is 2.22. The molecule has 2 amide bonds. The Morgan fingerprint density at radius 3 is 1.69 bits per heavy atom. The zero-order valence-corrected chi connectivity index (χ0v) is 25.8. The Hall–Kier alpha value is -3.02. The molecule has 3 N–H and O–H groups in total. The summed E-state index contributed by atoms with van der Waals surface area (Å²) in [5.41, 5.74) is -2.58. The van der Waals surface area contributed by atoms with E-state index in [-0.39, 0.29) is 46.3 Å². The van der Waals surface area contributed by atoms with Crippen molar-refractivity contribution in [3.8, 4) is 0 Å². The fourth-order valence-corrected chi connectivity index (χ4v) is 4.11. The van der Waals surface area contributed by atoms with Crippen molar-refractivity contribution in [1.82, 2.24) is 10.6 Å². The molecule has 0 heterocycles. The lowest BCUT2D eigenvalue weighted by Crippen LogP contribution is -2.44. The molecule has 0 radical (unpaired) electrons. The number of halogens is 4. The van der Waals surface area contributed by atoms with E-state index in [9.17, 15) is 33.9 Å². The highest BCUT2D eigenvalue weighted by Gasteiger charge is 2.27. The Morgan fingerprint density at radius 2 is 1.21 bits per heavy atom. The fourth-order valence-electron chi connectivity index (χ4n) is 3.66. The smallest absolute Gasteiger partial charge is 0.329 e. The molecule has 2 unspecified atom stereocenters. The summed E-state index contributed by atoms with van der Waals surface area (Å²) in [5, 5.41) is 12.3. The summed E-state index contributed by atoms with van der Waals surface area (Å²) in [7, 11) is 0. The predicted octanol–water partition coefficient (Wildman–Crippen LogP) is 5.09. The Morgan fingerprint density at radius 1 is 0.762 bits per heavy atom. The molecule has 10 nitrogen and oxygen atoms in total. The van der Waals surface area contributed by atoms with Crippen LogP contribution in [0.2, 0.25) is 0 Å². The van der Waals surface area contributed by atoms with Gasteiger partial charge >= 0.3 is 5.97 Å². The van der Waals surface area contributed by atoms with Gasteiger partial charge in [0.1, 0.15) is 11.6 Å². The summed E-state index contributed by atoms with van der Waals surface area (Å²) in [4.78, 5) is 73.3. The third-order valence-electron chi connectivity index (χ3n) is 5.57. The minimum Gasteiger partial charge on any atom is -0.458 e. The maximum atomic E-state index is 13.0. The molecule has 0 aliphatic rings. The third-order valence-corrected chi connectivity index (χ3v) is 6.48. The lowest BCUT2D eigenvalue weighted by atomic mass is 10.0. The van der Waals surface area contributed by atoms with Crippen LogP contribution in [-0.2, 0) is 9.53 Å². The van der Waals surface area contributed by atoms with E-state index in [1.807, 2.05) is 0 Å². The molecular formula is C28H28Cl4N2O8. The Labute approximate surface area is 262 Å². The molecule has 0 aliphatic heterocycles. The second-order valence-corrected chi connectivity index (χ2v) is 11.6. The molecule has 226 valence electrons. The van der Waals surface area contributed by atoms with Gasteiger partial charge in [-0.15, -0.1) is 0 Å². The lowest BCUT2D eigenvalue weighted by molar-refractivity contribution is -0.157. The Kier molecular flexibility index (Phi) is 12.9. The van der Waals surface area contributed by atoms with Gasteiger partial charge in [-0.05, 0) is 117 Å². The first-order chi connectivity index (χ1) is 19.5. The van der Waals surface area contributed by atoms with Gasteiger partial charge in [0, 0.05) is 34.4 Å². The van der Waals surface area contributed by atoms with Crippen LogP contribution in [0.1, 0.15) is 103 Å². The van der Waals surface area contributed by atoms with Crippen LogP contribution >= 0.6 is 46.4 Å². The normalized spacial score (nSPS) is 12.6. The second-order valence-electron chi connectivity index (χ2n) is 10.1. The number of carbonyl (C=O) groups is 6. The summed E-state index contributed by atoms with van der Waals surface area (Å²) in [5.74, 6) is -2.03. The van der Waals surface area contributed by atoms with Crippen molar-refractivity contribution in [2.24, 2.45) is 0 Å². The van der Waals surface area contributed by atoms with Crippen LogP contribution < -0.4 is 10.6 Å². The van der Waals surface area contributed by atoms with Gasteiger partial charge in [0.05, 0.1) is 0 Å². The van der Waals surface area contributed by atoms with E-state index in [1.165, 1.54) is 36.4 Å².